The number of rotatable bonds is 4. The number of carboxylic acid groups (broad SMARTS) is 1. The van der Waals surface area contributed by atoms with E-state index in [1.54, 1.807) is 0 Å². The fraction of sp³-hybridized carbons (Fsp3) is 0.650. The lowest BCUT2D eigenvalue weighted by atomic mass is 9.78. The number of hydrogen-bond acceptors (Lipinski definition) is 4. The minimum Gasteiger partial charge on any atom is -0.481 e. The van der Waals surface area contributed by atoms with E-state index in [9.17, 15) is 9.90 Å². The van der Waals surface area contributed by atoms with Crippen molar-refractivity contribution >= 4 is 18.6 Å². The monoisotopic (exact) mass is 359 g/mol. The molecule has 1 N–H and O–H groups in total. The molecule has 5 nitrogen and oxygen atoms in total. The quantitative estimate of drug-likeness (QED) is 0.838. The van der Waals surface area contributed by atoms with Crippen molar-refractivity contribution in [2.24, 2.45) is 5.41 Å². The van der Waals surface area contributed by atoms with Gasteiger partial charge < -0.3 is 14.4 Å². The van der Waals surface area contributed by atoms with E-state index >= 15 is 0 Å². The average molecular weight is 359 g/mol. The highest BCUT2D eigenvalue weighted by Crippen LogP contribution is 2.36. The fourth-order valence-corrected chi connectivity index (χ4v) is 3.67. The van der Waals surface area contributed by atoms with E-state index in [-0.39, 0.29) is 18.3 Å². The summed E-state index contributed by atoms with van der Waals surface area (Å²) in [5.41, 5.74) is 0.874. The van der Waals surface area contributed by atoms with E-state index < -0.39 is 11.4 Å². The van der Waals surface area contributed by atoms with Crippen molar-refractivity contribution in [2.45, 2.75) is 65.2 Å². The van der Waals surface area contributed by atoms with E-state index in [1.807, 2.05) is 6.92 Å². The van der Waals surface area contributed by atoms with Gasteiger partial charge in [0.1, 0.15) is 0 Å². The SMILES string of the molecule is CC1(C(=O)O)CCCN(Cc2ccc(B3OC(C)(C)C(C)(C)O3)cc2)C1. The van der Waals surface area contributed by atoms with Gasteiger partial charge in [0.05, 0.1) is 16.6 Å². The number of piperidine rings is 1. The molecule has 0 aliphatic carbocycles. The molecule has 1 aromatic carbocycles. The van der Waals surface area contributed by atoms with Gasteiger partial charge in [0.15, 0.2) is 0 Å². The number of hydrogen-bond donors (Lipinski definition) is 1. The molecule has 0 saturated carbocycles. The molecule has 2 aliphatic rings. The van der Waals surface area contributed by atoms with E-state index in [4.69, 9.17) is 9.31 Å². The van der Waals surface area contributed by atoms with Crippen molar-refractivity contribution in [3.05, 3.63) is 29.8 Å². The Morgan fingerprint density at radius 1 is 1.12 bits per heavy atom. The Morgan fingerprint density at radius 2 is 1.69 bits per heavy atom. The lowest BCUT2D eigenvalue weighted by Gasteiger charge is -2.37. The molecule has 26 heavy (non-hydrogen) atoms. The Morgan fingerprint density at radius 3 is 2.23 bits per heavy atom. The van der Waals surface area contributed by atoms with Crippen molar-refractivity contribution < 1.29 is 19.2 Å². The molecule has 2 fully saturated rings. The maximum Gasteiger partial charge on any atom is 0.494 e. The molecular formula is C20H30BNO4. The predicted molar refractivity (Wildman–Crippen MR) is 102 cm³/mol. The molecule has 1 unspecified atom stereocenters. The minimum atomic E-state index is -0.696. The van der Waals surface area contributed by atoms with Gasteiger partial charge in [-0.1, -0.05) is 24.3 Å². The molecule has 1 aromatic rings. The molecule has 0 bridgehead atoms. The molecule has 6 heteroatoms. The Labute approximate surface area is 156 Å². The lowest BCUT2D eigenvalue weighted by Crippen LogP contribution is -2.45. The smallest absolute Gasteiger partial charge is 0.481 e. The van der Waals surface area contributed by atoms with Crippen LogP contribution in [0.3, 0.4) is 0 Å². The number of nitrogens with zero attached hydrogens (tertiary/aromatic N) is 1. The topological polar surface area (TPSA) is 59.0 Å². The van der Waals surface area contributed by atoms with Crippen LogP contribution in [0.2, 0.25) is 0 Å². The summed E-state index contributed by atoms with van der Waals surface area (Å²) in [6.45, 7) is 12.4. The van der Waals surface area contributed by atoms with Crippen LogP contribution in [0.15, 0.2) is 24.3 Å². The number of benzene rings is 1. The summed E-state index contributed by atoms with van der Waals surface area (Å²) >= 11 is 0. The first-order valence-corrected chi connectivity index (χ1v) is 9.43. The summed E-state index contributed by atoms with van der Waals surface area (Å²) in [5, 5.41) is 9.47. The molecule has 2 heterocycles. The first kappa shape index (κ1) is 19.4. The molecule has 2 aliphatic heterocycles. The second-order valence-electron chi connectivity index (χ2n) is 9.01. The number of aliphatic carboxylic acids is 1. The second kappa shape index (κ2) is 6.66. The standard InChI is InChI=1S/C20H30BNO4/c1-18(2)19(3,4)26-21(25-18)16-9-7-15(8-10-16)13-22-12-6-11-20(5,14-22)17(23)24/h7-10H,6,11-14H2,1-5H3,(H,23,24). The van der Waals surface area contributed by atoms with Crippen molar-refractivity contribution in [3.8, 4) is 0 Å². The molecule has 0 aromatic heterocycles. The van der Waals surface area contributed by atoms with Gasteiger partial charge in [0.2, 0.25) is 0 Å². The van der Waals surface area contributed by atoms with Gasteiger partial charge in [0, 0.05) is 13.1 Å². The lowest BCUT2D eigenvalue weighted by molar-refractivity contribution is -0.151. The fourth-order valence-electron chi connectivity index (χ4n) is 3.67. The van der Waals surface area contributed by atoms with Crippen LogP contribution in [0.25, 0.3) is 0 Å². The average Bonchev–Trinajstić information content (AvgIpc) is 2.76. The summed E-state index contributed by atoms with van der Waals surface area (Å²) in [4.78, 5) is 13.8. The zero-order valence-corrected chi connectivity index (χ0v) is 16.5. The van der Waals surface area contributed by atoms with Crippen molar-refractivity contribution in [1.82, 2.24) is 4.90 Å². The number of likely N-dealkylation sites (tertiary alicyclic amines) is 1. The van der Waals surface area contributed by atoms with Crippen LogP contribution >= 0.6 is 0 Å². The molecule has 3 rings (SSSR count). The Balaban J connectivity index is 1.65. The van der Waals surface area contributed by atoms with E-state index in [0.29, 0.717) is 6.54 Å². The third-order valence-corrected chi connectivity index (χ3v) is 6.20. The summed E-state index contributed by atoms with van der Waals surface area (Å²) in [6.07, 6.45) is 1.68. The zero-order chi connectivity index (χ0) is 19.2. The third-order valence-electron chi connectivity index (χ3n) is 6.20. The molecule has 1 atom stereocenters. The molecule has 2 saturated heterocycles. The Hall–Kier alpha value is -1.37. The van der Waals surface area contributed by atoms with Crippen molar-refractivity contribution in [3.63, 3.8) is 0 Å². The van der Waals surface area contributed by atoms with Gasteiger partial charge in [-0.3, -0.25) is 9.69 Å². The van der Waals surface area contributed by atoms with Crippen LogP contribution in [-0.4, -0.2) is 47.4 Å². The van der Waals surface area contributed by atoms with Crippen LogP contribution in [-0.2, 0) is 20.6 Å². The first-order chi connectivity index (χ1) is 12.0. The Bertz CT molecular complexity index is 657. The highest BCUT2D eigenvalue weighted by atomic mass is 16.7. The predicted octanol–water partition coefficient (Wildman–Crippen LogP) is 2.67. The van der Waals surface area contributed by atoms with Crippen LogP contribution < -0.4 is 5.46 Å². The van der Waals surface area contributed by atoms with Crippen LogP contribution in [0.1, 0.15) is 53.0 Å². The maximum atomic E-state index is 11.5. The minimum absolute atomic E-state index is 0.342. The maximum absolute atomic E-state index is 11.5. The van der Waals surface area contributed by atoms with Gasteiger partial charge in [-0.05, 0) is 65.0 Å². The van der Waals surface area contributed by atoms with Crippen molar-refractivity contribution in [1.29, 1.82) is 0 Å². The highest BCUT2D eigenvalue weighted by molar-refractivity contribution is 6.62. The normalized spacial score (nSPS) is 28.3. The summed E-state index contributed by atoms with van der Waals surface area (Å²) in [5.74, 6) is -0.696. The molecule has 0 amide bonds. The molecular weight excluding hydrogens is 329 g/mol. The summed E-state index contributed by atoms with van der Waals surface area (Å²) < 4.78 is 12.2. The summed E-state index contributed by atoms with van der Waals surface area (Å²) in [7, 11) is -0.348. The molecule has 142 valence electrons. The Kier molecular flexibility index (Phi) is 4.97. The molecule has 0 spiro atoms. The van der Waals surface area contributed by atoms with Gasteiger partial charge in [0.25, 0.3) is 0 Å². The van der Waals surface area contributed by atoms with Gasteiger partial charge in [-0.25, -0.2) is 0 Å². The van der Waals surface area contributed by atoms with Crippen molar-refractivity contribution in [2.75, 3.05) is 13.1 Å². The number of carbonyl (C=O) groups is 1. The van der Waals surface area contributed by atoms with Crippen LogP contribution in [0.4, 0.5) is 0 Å². The zero-order valence-electron chi connectivity index (χ0n) is 16.5. The third kappa shape index (κ3) is 3.68. The van der Waals surface area contributed by atoms with Crippen LogP contribution in [0, 0.1) is 5.41 Å². The first-order valence-electron chi connectivity index (χ1n) is 9.43. The van der Waals surface area contributed by atoms with Crippen LogP contribution in [0.5, 0.6) is 0 Å². The van der Waals surface area contributed by atoms with Gasteiger partial charge in [-0.2, -0.15) is 0 Å². The van der Waals surface area contributed by atoms with E-state index in [0.717, 1.165) is 31.4 Å². The largest absolute Gasteiger partial charge is 0.494 e. The van der Waals surface area contributed by atoms with Gasteiger partial charge >= 0.3 is 13.1 Å². The molecule has 0 radical (unpaired) electrons. The van der Waals surface area contributed by atoms with Gasteiger partial charge in [-0.15, -0.1) is 0 Å². The second-order valence-corrected chi connectivity index (χ2v) is 9.01. The highest BCUT2D eigenvalue weighted by Gasteiger charge is 2.51. The number of carboxylic acids is 1. The van der Waals surface area contributed by atoms with E-state index in [2.05, 4.69) is 56.9 Å². The summed E-state index contributed by atoms with van der Waals surface area (Å²) in [6, 6.07) is 8.29. The van der Waals surface area contributed by atoms with E-state index in [1.165, 1.54) is 5.56 Å².